The number of nitro benzene ring substituents is 1. The molecule has 0 unspecified atom stereocenters. The van der Waals surface area contributed by atoms with Gasteiger partial charge in [-0.25, -0.2) is 4.39 Å². The maximum Gasteiger partial charge on any atom is 0.294 e. The van der Waals surface area contributed by atoms with Gasteiger partial charge in [-0.3, -0.25) is 29.4 Å². The molecule has 34 heavy (non-hydrogen) atoms. The molecule has 1 N–H and O–H groups in total. The van der Waals surface area contributed by atoms with E-state index in [1.807, 2.05) is 0 Å². The van der Waals surface area contributed by atoms with Gasteiger partial charge in [-0.15, -0.1) is 0 Å². The maximum absolute atomic E-state index is 13.7. The highest BCUT2D eigenvalue weighted by Crippen LogP contribution is 2.34. The van der Waals surface area contributed by atoms with Crippen LogP contribution in [-0.4, -0.2) is 33.4 Å². The number of amides is 3. The summed E-state index contributed by atoms with van der Waals surface area (Å²) in [6.07, 6.45) is 1.35. The first-order valence-electron chi connectivity index (χ1n) is 9.88. The van der Waals surface area contributed by atoms with E-state index in [-0.39, 0.29) is 22.0 Å². The molecule has 0 spiro atoms. The van der Waals surface area contributed by atoms with Crippen molar-refractivity contribution in [3.05, 3.63) is 86.8 Å². The van der Waals surface area contributed by atoms with Gasteiger partial charge in [0.25, 0.3) is 16.8 Å². The molecular formula is C23H16FN3O6S. The smallest absolute Gasteiger partial charge is 0.294 e. The van der Waals surface area contributed by atoms with Crippen molar-refractivity contribution in [3.8, 4) is 11.3 Å². The molecule has 1 aromatic heterocycles. The predicted molar refractivity (Wildman–Crippen MR) is 123 cm³/mol. The molecule has 0 bridgehead atoms. The minimum atomic E-state index is -0.727. The van der Waals surface area contributed by atoms with E-state index < -0.39 is 34.3 Å². The zero-order valence-electron chi connectivity index (χ0n) is 17.6. The molecule has 2 aromatic carbocycles. The molecule has 0 saturated carbocycles. The lowest BCUT2D eigenvalue weighted by atomic mass is 10.1. The average molecular weight is 481 g/mol. The number of anilines is 1. The number of thioether (sulfide) groups is 1. The lowest BCUT2D eigenvalue weighted by Gasteiger charge is -2.12. The third-order valence-corrected chi connectivity index (χ3v) is 5.82. The summed E-state index contributed by atoms with van der Waals surface area (Å²) >= 11 is 0.637. The highest BCUT2D eigenvalue weighted by molar-refractivity contribution is 8.18. The van der Waals surface area contributed by atoms with E-state index in [0.717, 1.165) is 4.90 Å². The number of para-hydroxylation sites is 1. The third-order valence-electron chi connectivity index (χ3n) is 4.91. The fourth-order valence-electron chi connectivity index (χ4n) is 3.21. The van der Waals surface area contributed by atoms with Gasteiger partial charge >= 0.3 is 0 Å². The zero-order chi connectivity index (χ0) is 24.4. The maximum atomic E-state index is 13.7. The Labute approximate surface area is 196 Å². The van der Waals surface area contributed by atoms with Crippen molar-refractivity contribution in [2.24, 2.45) is 0 Å². The molecule has 9 nitrogen and oxygen atoms in total. The summed E-state index contributed by atoms with van der Waals surface area (Å²) in [7, 11) is 0. The van der Waals surface area contributed by atoms with Crippen LogP contribution in [0.2, 0.25) is 0 Å². The van der Waals surface area contributed by atoms with Crippen molar-refractivity contribution in [3.63, 3.8) is 0 Å². The fourth-order valence-corrected chi connectivity index (χ4v) is 4.02. The average Bonchev–Trinajstić information content (AvgIpc) is 3.36. The van der Waals surface area contributed by atoms with E-state index in [9.17, 15) is 28.9 Å². The monoisotopic (exact) mass is 481 g/mol. The second-order valence-corrected chi connectivity index (χ2v) is 8.25. The van der Waals surface area contributed by atoms with E-state index in [1.165, 1.54) is 36.4 Å². The van der Waals surface area contributed by atoms with E-state index in [1.54, 1.807) is 31.2 Å². The molecule has 0 radical (unpaired) electrons. The molecule has 4 rings (SSSR count). The molecule has 0 atom stereocenters. The summed E-state index contributed by atoms with van der Waals surface area (Å²) in [4.78, 5) is 48.6. The van der Waals surface area contributed by atoms with Crippen LogP contribution in [0.25, 0.3) is 17.4 Å². The molecule has 11 heteroatoms. The SMILES string of the molecule is Cc1ccc(-c2ccc(/C=C3\SC(=O)N(CC(=O)Nc4ccccc4F)C3=O)o2)cc1[N+](=O)[O-]. The minimum absolute atomic E-state index is 0.0412. The number of nitro groups is 1. The Morgan fingerprint density at radius 2 is 1.97 bits per heavy atom. The van der Waals surface area contributed by atoms with Crippen LogP contribution >= 0.6 is 11.8 Å². The molecule has 172 valence electrons. The molecule has 1 saturated heterocycles. The summed E-state index contributed by atoms with van der Waals surface area (Å²) in [5, 5.41) is 12.8. The van der Waals surface area contributed by atoms with Crippen LogP contribution in [0.3, 0.4) is 0 Å². The number of nitrogens with zero attached hydrogens (tertiary/aromatic N) is 2. The quantitative estimate of drug-likeness (QED) is 0.299. The Balaban J connectivity index is 1.48. The fraction of sp³-hybridized carbons (Fsp3) is 0.0870. The Morgan fingerprint density at radius 1 is 1.21 bits per heavy atom. The van der Waals surface area contributed by atoms with Crippen molar-refractivity contribution < 1.29 is 28.1 Å². The van der Waals surface area contributed by atoms with Crippen molar-refractivity contribution in [2.45, 2.75) is 6.92 Å². The minimum Gasteiger partial charge on any atom is -0.457 e. The van der Waals surface area contributed by atoms with Gasteiger partial charge in [0.05, 0.1) is 15.5 Å². The van der Waals surface area contributed by atoms with Crippen LogP contribution in [0.15, 0.2) is 63.9 Å². The predicted octanol–water partition coefficient (Wildman–Crippen LogP) is 4.98. The molecule has 2 heterocycles. The standard InChI is InChI=1S/C23H16FN3O6S/c1-13-6-7-14(10-18(13)27(31)32)19-9-8-15(33-19)11-20-22(29)26(23(30)34-20)12-21(28)25-17-5-3-2-4-16(17)24/h2-11H,12H2,1H3,(H,25,28)/b20-11-. The molecule has 3 amide bonds. The summed E-state index contributed by atoms with van der Waals surface area (Å²) in [5.41, 5.74) is 0.878. The van der Waals surface area contributed by atoms with Crippen LogP contribution in [0.4, 0.5) is 20.6 Å². The number of rotatable bonds is 6. The molecule has 1 aliphatic heterocycles. The van der Waals surface area contributed by atoms with Crippen molar-refractivity contribution in [1.29, 1.82) is 0 Å². The Kier molecular flexibility index (Phi) is 6.28. The molecule has 1 aliphatic rings. The number of imide groups is 1. The number of benzene rings is 2. The number of carbonyl (C=O) groups is 3. The molecule has 1 fully saturated rings. The van der Waals surface area contributed by atoms with E-state index >= 15 is 0 Å². The molecule has 0 aliphatic carbocycles. The second-order valence-electron chi connectivity index (χ2n) is 7.26. The largest absolute Gasteiger partial charge is 0.457 e. The van der Waals surface area contributed by atoms with Crippen LogP contribution in [-0.2, 0) is 9.59 Å². The molecular weight excluding hydrogens is 465 g/mol. The van der Waals surface area contributed by atoms with E-state index in [4.69, 9.17) is 4.42 Å². The summed E-state index contributed by atoms with van der Waals surface area (Å²) in [6, 6.07) is 13.3. The second kappa shape index (κ2) is 9.32. The van der Waals surface area contributed by atoms with Crippen molar-refractivity contribution >= 4 is 46.3 Å². The first-order chi connectivity index (χ1) is 16.2. The van der Waals surface area contributed by atoms with Crippen LogP contribution in [0.1, 0.15) is 11.3 Å². The van der Waals surface area contributed by atoms with Crippen LogP contribution < -0.4 is 5.32 Å². The number of aryl methyl sites for hydroxylation is 1. The van der Waals surface area contributed by atoms with E-state index in [0.29, 0.717) is 28.6 Å². The lowest BCUT2D eigenvalue weighted by molar-refractivity contribution is -0.385. The Bertz CT molecular complexity index is 1370. The number of hydrogen-bond acceptors (Lipinski definition) is 7. The van der Waals surface area contributed by atoms with Gasteiger partial charge in [-0.1, -0.05) is 24.3 Å². The summed E-state index contributed by atoms with van der Waals surface area (Å²) < 4.78 is 19.4. The number of carbonyl (C=O) groups excluding carboxylic acids is 3. The zero-order valence-corrected chi connectivity index (χ0v) is 18.4. The van der Waals surface area contributed by atoms with Gasteiger partial charge < -0.3 is 9.73 Å². The van der Waals surface area contributed by atoms with Gasteiger partial charge in [0.15, 0.2) is 0 Å². The van der Waals surface area contributed by atoms with Gasteiger partial charge in [-0.2, -0.15) is 0 Å². The van der Waals surface area contributed by atoms with Gasteiger partial charge in [0, 0.05) is 23.3 Å². The first kappa shape index (κ1) is 22.9. The molecule has 3 aromatic rings. The highest BCUT2D eigenvalue weighted by Gasteiger charge is 2.36. The van der Waals surface area contributed by atoms with Crippen LogP contribution in [0, 0.1) is 22.9 Å². The van der Waals surface area contributed by atoms with E-state index in [2.05, 4.69) is 5.32 Å². The number of nitrogens with one attached hydrogen (secondary N) is 1. The number of furan rings is 1. The topological polar surface area (TPSA) is 123 Å². The summed E-state index contributed by atoms with van der Waals surface area (Å²) in [5.74, 6) is -1.47. The lowest BCUT2D eigenvalue weighted by Crippen LogP contribution is -2.36. The van der Waals surface area contributed by atoms with Crippen molar-refractivity contribution in [2.75, 3.05) is 11.9 Å². The first-order valence-corrected chi connectivity index (χ1v) is 10.7. The number of hydrogen-bond donors (Lipinski definition) is 1. The highest BCUT2D eigenvalue weighted by atomic mass is 32.2. The van der Waals surface area contributed by atoms with Gasteiger partial charge in [0.1, 0.15) is 23.9 Å². The summed E-state index contributed by atoms with van der Waals surface area (Å²) in [6.45, 7) is 1.05. The van der Waals surface area contributed by atoms with Crippen molar-refractivity contribution in [1.82, 2.24) is 4.90 Å². The van der Waals surface area contributed by atoms with Gasteiger partial charge in [-0.05, 0) is 43.0 Å². The van der Waals surface area contributed by atoms with Gasteiger partial charge in [0.2, 0.25) is 5.91 Å². The normalized spacial score (nSPS) is 14.6. The Hall–Kier alpha value is -4.25. The number of halogens is 1. The third kappa shape index (κ3) is 4.74. The van der Waals surface area contributed by atoms with Crippen LogP contribution in [0.5, 0.6) is 0 Å². The Morgan fingerprint density at radius 3 is 2.71 bits per heavy atom.